The number of rotatable bonds is 22. The number of carbonyl (C=O) groups is 10. The van der Waals surface area contributed by atoms with Gasteiger partial charge in [-0.2, -0.15) is 0 Å². The fraction of sp³-hybridized carbons (Fsp3) is 0.824. The monoisotopic (exact) mass is 1330 g/mol. The van der Waals surface area contributed by atoms with Crippen molar-refractivity contribution in [1.29, 1.82) is 0 Å². The maximum absolute atomic E-state index is 13.5. The highest BCUT2D eigenvalue weighted by atomic mass is 16.8. The molecule has 8 fully saturated rings. The van der Waals surface area contributed by atoms with Crippen molar-refractivity contribution in [3.63, 3.8) is 0 Å². The quantitative estimate of drug-likeness (QED) is 0.0442. The lowest BCUT2D eigenvalue weighted by Gasteiger charge is -2.63. The van der Waals surface area contributed by atoms with E-state index >= 15 is 0 Å². The van der Waals surface area contributed by atoms with Crippen LogP contribution in [-0.2, 0) is 124 Å². The standard InChI is InChI=1S/C68H100O26/c1-32(29-79-36(5)69)19-20-47(83-38(7)71)33(2)46-23-25-66(18)50-22-21-49-64(15,16)51(24-26-67(49)31-68(50,67)28-27-65(46,66)17)92-61-58(89-44(13)77)56(87-42(11)75)53(35(4)81-61)93-63-60(57(88-43(12)76)54(85-40(9)73)48(91-63)30-80-37(6)70)94-62-59(90-45(14)78)55(86-41(10)74)52(34(3)82-62)84-39(8)72/h19,33-35,46-63H,20-31H2,1-18H3/b32-19-/t33-,34-,35+,46+,47-,48+,49?,50-,51-,52-,53-,54+,55+,56-,57-,58+,59+,60+,61-,62-,63-,65+,66-,67+,68-/m0/s1. The molecule has 94 heavy (non-hydrogen) atoms. The van der Waals surface area contributed by atoms with E-state index < -0.39 is 158 Å². The molecule has 528 valence electrons. The second-order valence-electron chi connectivity index (χ2n) is 28.7. The van der Waals surface area contributed by atoms with Gasteiger partial charge in [-0.1, -0.05) is 40.7 Å². The molecule has 0 aromatic heterocycles. The summed E-state index contributed by atoms with van der Waals surface area (Å²) in [6, 6.07) is 0. The molecule has 8 rings (SSSR count). The molecule has 5 saturated carbocycles. The highest BCUT2D eigenvalue weighted by Gasteiger charge is 2.82. The van der Waals surface area contributed by atoms with Gasteiger partial charge in [0.15, 0.2) is 67.7 Å². The van der Waals surface area contributed by atoms with Crippen molar-refractivity contribution in [2.45, 2.75) is 293 Å². The largest absolute Gasteiger partial charge is 0.463 e. The van der Waals surface area contributed by atoms with Crippen LogP contribution in [0.4, 0.5) is 0 Å². The number of carbonyl (C=O) groups excluding carboxylic acids is 10. The van der Waals surface area contributed by atoms with E-state index in [1.807, 2.05) is 13.0 Å². The first-order chi connectivity index (χ1) is 43.9. The summed E-state index contributed by atoms with van der Waals surface area (Å²) in [4.78, 5) is 128. The summed E-state index contributed by atoms with van der Waals surface area (Å²) < 4.78 is 97.7. The van der Waals surface area contributed by atoms with Gasteiger partial charge in [-0.3, -0.25) is 47.9 Å². The molecule has 0 N–H and O–H groups in total. The molecule has 3 saturated heterocycles. The lowest BCUT2D eigenvalue weighted by Crippen LogP contribution is -2.68. The molecule has 0 bridgehead atoms. The van der Waals surface area contributed by atoms with Gasteiger partial charge in [0.1, 0.15) is 31.5 Å². The van der Waals surface area contributed by atoms with Crippen LogP contribution in [0, 0.1) is 50.7 Å². The smallest absolute Gasteiger partial charge is 0.303 e. The highest BCUT2D eigenvalue weighted by Crippen LogP contribution is 2.89. The van der Waals surface area contributed by atoms with Gasteiger partial charge in [0.05, 0.1) is 18.3 Å². The zero-order valence-electron chi connectivity index (χ0n) is 57.8. The molecule has 1 unspecified atom stereocenters. The Hall–Kier alpha value is -5.80. The summed E-state index contributed by atoms with van der Waals surface area (Å²) in [6.45, 7) is 27.9. The molecule has 0 aromatic carbocycles. The van der Waals surface area contributed by atoms with Crippen molar-refractivity contribution in [2.75, 3.05) is 13.2 Å². The number of esters is 10. The normalized spacial score (nSPS) is 40.1. The minimum atomic E-state index is -1.89. The van der Waals surface area contributed by atoms with Gasteiger partial charge in [0.25, 0.3) is 0 Å². The SMILES string of the molecule is CC(=O)OC/C(C)=C\C[C@H](OC(C)=O)[C@@H](C)[C@H]1CC[C@@]2(C)[C@@H]3CCC4C(C)(C)[C@@H](O[C@@H]5O[C@H](C)[C@H](O[C@@H]6O[C@H](COC(C)=O)[C@@H](OC(C)=O)[C@H](OC(C)=O)[C@H]6O[C@@H]6O[C@@H](C)[C@H](OC(C)=O)[C@@H](OC(C)=O)[C@H]6OC(C)=O)[C@H](OC(C)=O)[C@H]5OC(C)=O)CC[C@@]45C[C@@]35CC[C@]12C. The lowest BCUT2D eigenvalue weighted by molar-refractivity contribution is -0.388. The first-order valence-corrected chi connectivity index (χ1v) is 33.1. The molecule has 0 amide bonds. The zero-order chi connectivity index (χ0) is 69.5. The maximum atomic E-state index is 13.5. The molecule has 2 spiro atoms. The minimum absolute atomic E-state index is 0.0200. The van der Waals surface area contributed by atoms with E-state index in [1.54, 1.807) is 6.92 Å². The van der Waals surface area contributed by atoms with Crippen LogP contribution < -0.4 is 0 Å². The average Bonchev–Trinajstić information content (AvgIpc) is 1.46. The third-order valence-corrected chi connectivity index (χ3v) is 22.3. The zero-order valence-corrected chi connectivity index (χ0v) is 57.8. The molecule has 0 radical (unpaired) electrons. The molecule has 8 aliphatic rings. The van der Waals surface area contributed by atoms with Gasteiger partial charge in [-0.25, -0.2) is 0 Å². The van der Waals surface area contributed by atoms with Crippen molar-refractivity contribution in [3.8, 4) is 0 Å². The first-order valence-electron chi connectivity index (χ1n) is 33.1. The number of fused-ring (bicyclic) bond motifs is 2. The number of hydrogen-bond acceptors (Lipinski definition) is 26. The van der Waals surface area contributed by atoms with E-state index in [0.29, 0.717) is 24.7 Å². The van der Waals surface area contributed by atoms with Gasteiger partial charge in [0.2, 0.25) is 0 Å². The van der Waals surface area contributed by atoms with Crippen molar-refractivity contribution < 1.29 is 124 Å². The number of hydrogen-bond donors (Lipinski definition) is 0. The Morgan fingerprint density at radius 2 is 0.904 bits per heavy atom. The van der Waals surface area contributed by atoms with Gasteiger partial charge >= 0.3 is 59.7 Å². The highest BCUT2D eigenvalue weighted by molar-refractivity contribution is 5.70. The van der Waals surface area contributed by atoms with Crippen LogP contribution in [0.25, 0.3) is 0 Å². The van der Waals surface area contributed by atoms with Crippen LogP contribution in [-0.4, -0.2) is 177 Å². The van der Waals surface area contributed by atoms with Crippen LogP contribution in [0.2, 0.25) is 0 Å². The lowest BCUT2D eigenvalue weighted by atomic mass is 9.41. The minimum Gasteiger partial charge on any atom is -0.463 e. The molecule has 25 atom stereocenters. The van der Waals surface area contributed by atoms with E-state index in [4.69, 9.17) is 75.8 Å². The van der Waals surface area contributed by atoms with Crippen molar-refractivity contribution in [1.82, 2.24) is 0 Å². The molecular weight excluding hydrogens is 1230 g/mol. The number of ether oxygens (including phenoxy) is 16. The summed E-state index contributed by atoms with van der Waals surface area (Å²) in [5.41, 5.74) is 0.590. The third-order valence-electron chi connectivity index (χ3n) is 22.3. The van der Waals surface area contributed by atoms with E-state index in [2.05, 4.69) is 34.6 Å². The summed E-state index contributed by atoms with van der Waals surface area (Å²) in [6.07, 6.45) is -12.8. The molecule has 0 aromatic rings. The van der Waals surface area contributed by atoms with E-state index in [9.17, 15) is 47.9 Å². The first kappa shape index (κ1) is 74.0. The predicted molar refractivity (Wildman–Crippen MR) is 324 cm³/mol. The van der Waals surface area contributed by atoms with Crippen molar-refractivity contribution >= 4 is 59.7 Å². The van der Waals surface area contributed by atoms with Crippen LogP contribution in [0.15, 0.2) is 11.6 Å². The molecule has 5 aliphatic carbocycles. The van der Waals surface area contributed by atoms with E-state index in [0.717, 1.165) is 105 Å². The summed E-state index contributed by atoms with van der Waals surface area (Å²) >= 11 is 0. The Morgan fingerprint density at radius 1 is 0.447 bits per heavy atom. The Bertz CT molecular complexity index is 2890. The van der Waals surface area contributed by atoms with Crippen LogP contribution in [0.5, 0.6) is 0 Å². The third kappa shape index (κ3) is 15.2. The summed E-state index contributed by atoms with van der Waals surface area (Å²) in [5.74, 6) is -6.44. The fourth-order valence-electron chi connectivity index (χ4n) is 18.5. The molecular formula is C68H100O26. The Balaban J connectivity index is 1.08. The van der Waals surface area contributed by atoms with Gasteiger partial charge in [0, 0.05) is 75.7 Å². The second kappa shape index (κ2) is 29.1. The Morgan fingerprint density at radius 3 is 1.45 bits per heavy atom. The summed E-state index contributed by atoms with van der Waals surface area (Å²) in [7, 11) is 0. The van der Waals surface area contributed by atoms with Crippen LogP contribution >= 0.6 is 0 Å². The molecule has 3 heterocycles. The van der Waals surface area contributed by atoms with Crippen molar-refractivity contribution in [2.24, 2.45) is 50.7 Å². The van der Waals surface area contributed by atoms with Gasteiger partial charge < -0.3 is 75.8 Å². The maximum Gasteiger partial charge on any atom is 0.303 e. The molecule has 26 nitrogen and oxygen atoms in total. The molecule has 26 heteroatoms. The van der Waals surface area contributed by atoms with Crippen molar-refractivity contribution in [3.05, 3.63) is 11.6 Å². The molecule has 3 aliphatic heterocycles. The van der Waals surface area contributed by atoms with Crippen LogP contribution in [0.1, 0.15) is 189 Å². The van der Waals surface area contributed by atoms with Gasteiger partial charge in [-0.05, 0) is 135 Å². The topological polar surface area (TPSA) is 318 Å². The Labute approximate surface area is 550 Å². The van der Waals surface area contributed by atoms with E-state index in [1.165, 1.54) is 27.7 Å². The average molecular weight is 1330 g/mol. The van der Waals surface area contributed by atoms with Crippen LogP contribution in [0.3, 0.4) is 0 Å². The van der Waals surface area contributed by atoms with E-state index in [-0.39, 0.29) is 58.1 Å². The Kier molecular flexibility index (Phi) is 22.9. The predicted octanol–water partition coefficient (Wildman–Crippen LogP) is 7.35. The summed E-state index contributed by atoms with van der Waals surface area (Å²) in [5, 5.41) is 0. The fourth-order valence-corrected chi connectivity index (χ4v) is 18.5. The van der Waals surface area contributed by atoms with Gasteiger partial charge in [-0.15, -0.1) is 0 Å². The second-order valence-corrected chi connectivity index (χ2v) is 28.7.